The molecule has 0 radical (unpaired) electrons. The first-order valence-electron chi connectivity index (χ1n) is 11.8. The van der Waals surface area contributed by atoms with Crippen LogP contribution in [0.3, 0.4) is 0 Å². The van der Waals surface area contributed by atoms with Gasteiger partial charge in [0.2, 0.25) is 5.91 Å². The van der Waals surface area contributed by atoms with Gasteiger partial charge in [0, 0.05) is 11.9 Å². The molecule has 0 aliphatic carbocycles. The van der Waals surface area contributed by atoms with E-state index in [0.29, 0.717) is 27.4 Å². The molecule has 10 heteroatoms. The molecule has 38 heavy (non-hydrogen) atoms. The number of pyridine rings is 1. The van der Waals surface area contributed by atoms with E-state index in [2.05, 4.69) is 15.6 Å². The SMILES string of the molecule is O=C(Nc1ccc(C2OC(=O)N(Cc3cccc(F)c3)C2C(=O)NCc2ccccn2)cc1)c1cccs1. The number of rotatable bonds is 8. The number of nitrogens with one attached hydrogen (secondary N) is 2. The lowest BCUT2D eigenvalue weighted by Crippen LogP contribution is -2.46. The minimum absolute atomic E-state index is 0.0102. The van der Waals surface area contributed by atoms with Crippen LogP contribution in [0.4, 0.5) is 14.9 Å². The molecule has 3 amide bonds. The molecule has 3 heterocycles. The summed E-state index contributed by atoms with van der Waals surface area (Å²) in [5, 5.41) is 7.48. The quantitative estimate of drug-likeness (QED) is 0.337. The Kier molecular flexibility index (Phi) is 7.41. The molecule has 0 bridgehead atoms. The first-order valence-corrected chi connectivity index (χ1v) is 12.7. The second-order valence-corrected chi connectivity index (χ2v) is 9.55. The molecule has 2 N–H and O–H groups in total. The highest BCUT2D eigenvalue weighted by Crippen LogP contribution is 2.34. The third-order valence-electron chi connectivity index (χ3n) is 6.01. The zero-order valence-corrected chi connectivity index (χ0v) is 20.9. The lowest BCUT2D eigenvalue weighted by atomic mass is 10.00. The van der Waals surface area contributed by atoms with Crippen LogP contribution in [0.15, 0.2) is 90.4 Å². The summed E-state index contributed by atoms with van der Waals surface area (Å²) in [5.41, 5.74) is 2.32. The van der Waals surface area contributed by atoms with Gasteiger partial charge >= 0.3 is 6.09 Å². The first-order chi connectivity index (χ1) is 18.5. The van der Waals surface area contributed by atoms with Crippen molar-refractivity contribution in [1.29, 1.82) is 0 Å². The number of benzene rings is 2. The Morgan fingerprint density at radius 3 is 2.58 bits per heavy atom. The van der Waals surface area contributed by atoms with Crippen molar-refractivity contribution in [2.24, 2.45) is 0 Å². The highest BCUT2D eigenvalue weighted by atomic mass is 32.1. The number of cyclic esters (lactones) is 1. The van der Waals surface area contributed by atoms with E-state index in [1.165, 1.54) is 28.4 Å². The van der Waals surface area contributed by atoms with Gasteiger partial charge in [-0.15, -0.1) is 11.3 Å². The Morgan fingerprint density at radius 1 is 1.03 bits per heavy atom. The Balaban J connectivity index is 1.37. The van der Waals surface area contributed by atoms with E-state index in [9.17, 15) is 18.8 Å². The highest BCUT2D eigenvalue weighted by Gasteiger charge is 2.47. The van der Waals surface area contributed by atoms with Crippen LogP contribution < -0.4 is 10.6 Å². The standard InChI is InChI=1S/C28H23FN4O4S/c29-20-6-3-5-18(15-20)17-33-24(27(35)31-16-22-7-1-2-13-30-22)25(37-28(33)36)19-9-11-21(12-10-19)32-26(34)23-8-4-14-38-23/h1-15,24-25H,16-17H2,(H,31,35)(H,32,34). The van der Waals surface area contributed by atoms with Crippen molar-refractivity contribution in [3.8, 4) is 0 Å². The van der Waals surface area contributed by atoms with Crippen molar-refractivity contribution >= 4 is 34.9 Å². The third kappa shape index (κ3) is 5.70. The van der Waals surface area contributed by atoms with Crippen LogP contribution in [0.2, 0.25) is 0 Å². The number of halogens is 1. The van der Waals surface area contributed by atoms with Crippen LogP contribution in [-0.2, 0) is 22.6 Å². The predicted molar refractivity (Wildman–Crippen MR) is 140 cm³/mol. The van der Waals surface area contributed by atoms with Crippen LogP contribution in [0.5, 0.6) is 0 Å². The second kappa shape index (κ2) is 11.2. The molecular formula is C28H23FN4O4S. The van der Waals surface area contributed by atoms with Gasteiger partial charge in [0.25, 0.3) is 5.91 Å². The fourth-order valence-corrected chi connectivity index (χ4v) is 4.80. The third-order valence-corrected chi connectivity index (χ3v) is 6.88. The Hall–Kier alpha value is -4.57. The molecule has 1 fully saturated rings. The number of hydrogen-bond acceptors (Lipinski definition) is 6. The maximum Gasteiger partial charge on any atom is 0.411 e. The number of thiophene rings is 1. The molecule has 1 saturated heterocycles. The van der Waals surface area contributed by atoms with Crippen molar-refractivity contribution in [1.82, 2.24) is 15.2 Å². The number of ether oxygens (including phenoxy) is 1. The predicted octanol–water partition coefficient (Wildman–Crippen LogP) is 4.91. The summed E-state index contributed by atoms with van der Waals surface area (Å²) in [6.07, 6.45) is 0.0239. The van der Waals surface area contributed by atoms with E-state index >= 15 is 0 Å². The summed E-state index contributed by atoms with van der Waals surface area (Å²) >= 11 is 1.33. The van der Waals surface area contributed by atoms with E-state index in [4.69, 9.17) is 4.74 Å². The van der Waals surface area contributed by atoms with Crippen molar-refractivity contribution in [2.45, 2.75) is 25.2 Å². The van der Waals surface area contributed by atoms with Crippen LogP contribution in [0.1, 0.15) is 32.6 Å². The van der Waals surface area contributed by atoms with Gasteiger partial charge in [-0.25, -0.2) is 9.18 Å². The lowest BCUT2D eigenvalue weighted by molar-refractivity contribution is -0.126. The van der Waals surface area contributed by atoms with Crippen molar-refractivity contribution < 1.29 is 23.5 Å². The molecule has 192 valence electrons. The number of amides is 3. The van der Waals surface area contributed by atoms with E-state index in [1.807, 2.05) is 11.4 Å². The molecule has 2 unspecified atom stereocenters. The van der Waals surface area contributed by atoms with Crippen molar-refractivity contribution in [3.05, 3.63) is 118 Å². The number of aromatic nitrogens is 1. The first kappa shape index (κ1) is 25.1. The summed E-state index contributed by atoms with van der Waals surface area (Å²) in [6, 6.07) is 20.5. The van der Waals surface area contributed by atoms with E-state index in [1.54, 1.807) is 66.9 Å². The summed E-state index contributed by atoms with van der Waals surface area (Å²) in [5.74, 6) is -1.10. The van der Waals surface area contributed by atoms with E-state index in [-0.39, 0.29) is 19.0 Å². The molecule has 1 aliphatic rings. The maximum absolute atomic E-state index is 13.8. The Bertz CT molecular complexity index is 1430. The number of carbonyl (C=O) groups excluding carboxylic acids is 3. The van der Waals surface area contributed by atoms with E-state index < -0.39 is 30.0 Å². The summed E-state index contributed by atoms with van der Waals surface area (Å²) in [4.78, 5) is 44.8. The van der Waals surface area contributed by atoms with Crippen molar-refractivity contribution in [3.63, 3.8) is 0 Å². The van der Waals surface area contributed by atoms with Gasteiger partial charge in [-0.3, -0.25) is 19.5 Å². The topological polar surface area (TPSA) is 101 Å². The summed E-state index contributed by atoms with van der Waals surface area (Å²) in [6.45, 7) is 0.155. The monoisotopic (exact) mass is 530 g/mol. The number of carbonyl (C=O) groups is 3. The maximum atomic E-state index is 13.8. The van der Waals surface area contributed by atoms with Gasteiger partial charge in [0.1, 0.15) is 5.82 Å². The number of hydrogen-bond donors (Lipinski definition) is 2. The Morgan fingerprint density at radius 2 is 1.87 bits per heavy atom. The molecule has 8 nitrogen and oxygen atoms in total. The molecular weight excluding hydrogens is 507 g/mol. The van der Waals surface area contributed by atoms with Gasteiger partial charge in [0.05, 0.1) is 23.7 Å². The minimum atomic E-state index is -1.01. The molecule has 2 atom stereocenters. The van der Waals surface area contributed by atoms with Gasteiger partial charge < -0.3 is 15.4 Å². The van der Waals surface area contributed by atoms with Crippen LogP contribution in [0, 0.1) is 5.82 Å². The highest BCUT2D eigenvalue weighted by molar-refractivity contribution is 7.12. The summed E-state index contributed by atoms with van der Waals surface area (Å²) < 4.78 is 19.5. The molecule has 4 aromatic rings. The fourth-order valence-electron chi connectivity index (χ4n) is 4.18. The number of anilines is 1. The second-order valence-electron chi connectivity index (χ2n) is 8.60. The average molecular weight is 531 g/mol. The van der Waals surface area contributed by atoms with Crippen molar-refractivity contribution in [2.75, 3.05) is 5.32 Å². The van der Waals surface area contributed by atoms with Crippen LogP contribution in [0.25, 0.3) is 0 Å². The zero-order chi connectivity index (χ0) is 26.5. The molecule has 1 aliphatic heterocycles. The van der Waals surface area contributed by atoms with E-state index in [0.717, 1.165) is 0 Å². The lowest BCUT2D eigenvalue weighted by Gasteiger charge is -2.24. The normalized spacial score (nSPS) is 16.7. The smallest absolute Gasteiger partial charge is 0.411 e. The molecule has 5 rings (SSSR count). The van der Waals surface area contributed by atoms with Gasteiger partial charge in [0.15, 0.2) is 12.1 Å². The average Bonchev–Trinajstić information content (AvgIpc) is 3.57. The molecule has 0 saturated carbocycles. The minimum Gasteiger partial charge on any atom is -0.438 e. The zero-order valence-electron chi connectivity index (χ0n) is 20.0. The van der Waals surface area contributed by atoms with Gasteiger partial charge in [-0.1, -0.05) is 36.4 Å². The van der Waals surface area contributed by atoms with Crippen LogP contribution in [-0.4, -0.2) is 33.8 Å². The largest absolute Gasteiger partial charge is 0.438 e. The van der Waals surface area contributed by atoms with Crippen LogP contribution >= 0.6 is 11.3 Å². The van der Waals surface area contributed by atoms with Gasteiger partial charge in [-0.05, 0) is 59.0 Å². The fraction of sp³-hybridized carbons (Fsp3) is 0.143. The summed E-state index contributed by atoms with van der Waals surface area (Å²) in [7, 11) is 0. The molecule has 0 spiro atoms. The molecule has 2 aromatic carbocycles. The number of nitrogens with zero attached hydrogens (tertiary/aromatic N) is 2. The molecule has 2 aromatic heterocycles. The Labute approximate surface area is 222 Å². The van der Waals surface area contributed by atoms with Gasteiger partial charge in [-0.2, -0.15) is 0 Å².